The minimum Gasteiger partial charge on any atom is -0.352 e. The lowest BCUT2D eigenvalue weighted by Gasteiger charge is -2.31. The van der Waals surface area contributed by atoms with Gasteiger partial charge >= 0.3 is 0 Å². The summed E-state index contributed by atoms with van der Waals surface area (Å²) < 4.78 is 0.997. The zero-order valence-corrected chi connectivity index (χ0v) is 20.5. The number of rotatable bonds is 9. The van der Waals surface area contributed by atoms with Crippen LogP contribution in [0, 0.1) is 0 Å². The summed E-state index contributed by atoms with van der Waals surface area (Å²) in [6.07, 6.45) is 6.04. The molecular formula is C25H31BrN2O2S. The molecule has 1 aliphatic carbocycles. The number of benzene rings is 2. The summed E-state index contributed by atoms with van der Waals surface area (Å²) in [5.74, 6) is 0.655. The van der Waals surface area contributed by atoms with Gasteiger partial charge in [-0.25, -0.2) is 0 Å². The highest BCUT2D eigenvalue weighted by Gasteiger charge is 2.27. The highest BCUT2D eigenvalue weighted by atomic mass is 79.9. The maximum Gasteiger partial charge on any atom is 0.242 e. The number of hydrogen-bond acceptors (Lipinski definition) is 3. The van der Waals surface area contributed by atoms with Crippen LogP contribution in [0.15, 0.2) is 64.0 Å². The van der Waals surface area contributed by atoms with Gasteiger partial charge < -0.3 is 10.2 Å². The van der Waals surface area contributed by atoms with Crippen molar-refractivity contribution in [2.24, 2.45) is 0 Å². The van der Waals surface area contributed by atoms with Crippen LogP contribution in [0.4, 0.5) is 0 Å². The monoisotopic (exact) mass is 502 g/mol. The van der Waals surface area contributed by atoms with E-state index in [0.717, 1.165) is 40.6 Å². The summed E-state index contributed by atoms with van der Waals surface area (Å²) in [4.78, 5) is 29.0. The largest absolute Gasteiger partial charge is 0.352 e. The Morgan fingerprint density at radius 2 is 1.74 bits per heavy atom. The van der Waals surface area contributed by atoms with E-state index in [0.29, 0.717) is 18.7 Å². The molecule has 0 aromatic heterocycles. The molecule has 0 spiro atoms. The molecule has 0 heterocycles. The van der Waals surface area contributed by atoms with Crippen molar-refractivity contribution in [3.8, 4) is 0 Å². The number of nitrogens with zero attached hydrogens (tertiary/aromatic N) is 1. The number of halogens is 1. The van der Waals surface area contributed by atoms with Gasteiger partial charge in [-0.3, -0.25) is 9.59 Å². The van der Waals surface area contributed by atoms with Crippen LogP contribution >= 0.6 is 27.7 Å². The van der Waals surface area contributed by atoms with Gasteiger partial charge in [-0.1, -0.05) is 65.5 Å². The van der Waals surface area contributed by atoms with Crippen LogP contribution in [-0.4, -0.2) is 34.6 Å². The molecule has 31 heavy (non-hydrogen) atoms. The van der Waals surface area contributed by atoms with E-state index in [4.69, 9.17) is 0 Å². The fraction of sp³-hybridized carbons (Fsp3) is 0.440. The summed E-state index contributed by atoms with van der Waals surface area (Å²) in [5.41, 5.74) is 1.02. The van der Waals surface area contributed by atoms with Gasteiger partial charge in [0.2, 0.25) is 11.8 Å². The Bertz CT molecular complexity index is 838. The van der Waals surface area contributed by atoms with Crippen LogP contribution < -0.4 is 5.32 Å². The molecule has 2 aromatic carbocycles. The van der Waals surface area contributed by atoms with Crippen molar-refractivity contribution in [2.45, 2.75) is 69.0 Å². The molecule has 0 aliphatic heterocycles. The molecule has 0 radical (unpaired) electrons. The molecule has 1 saturated carbocycles. The molecular weight excluding hydrogens is 472 g/mol. The second-order valence-electron chi connectivity index (χ2n) is 8.08. The summed E-state index contributed by atoms with van der Waals surface area (Å²) in [7, 11) is 0. The van der Waals surface area contributed by atoms with Crippen LogP contribution in [0.5, 0.6) is 0 Å². The van der Waals surface area contributed by atoms with E-state index in [2.05, 4.69) is 33.4 Å². The van der Waals surface area contributed by atoms with Gasteiger partial charge in [-0.05, 0) is 49.6 Å². The Hall–Kier alpha value is -1.79. The minimum atomic E-state index is -0.500. The molecule has 2 aromatic rings. The van der Waals surface area contributed by atoms with Gasteiger partial charge in [-0.15, -0.1) is 11.8 Å². The third-order valence-electron chi connectivity index (χ3n) is 5.71. The van der Waals surface area contributed by atoms with E-state index in [1.807, 2.05) is 49.4 Å². The third kappa shape index (κ3) is 7.69. The van der Waals surface area contributed by atoms with E-state index in [-0.39, 0.29) is 17.9 Å². The van der Waals surface area contributed by atoms with E-state index < -0.39 is 6.04 Å². The highest BCUT2D eigenvalue weighted by Crippen LogP contribution is 2.21. The zero-order valence-electron chi connectivity index (χ0n) is 18.1. The lowest BCUT2D eigenvalue weighted by molar-refractivity contribution is -0.140. The summed E-state index contributed by atoms with van der Waals surface area (Å²) >= 11 is 5.13. The maximum absolute atomic E-state index is 13.2. The molecule has 4 nitrogen and oxygen atoms in total. The van der Waals surface area contributed by atoms with E-state index in [1.54, 1.807) is 16.7 Å². The highest BCUT2D eigenvalue weighted by molar-refractivity contribution is 9.10. The standard InChI is InChI=1S/C25H31BrN2O2S/c1-19(25(30)27-22-8-4-2-5-9-22)28(18-20-12-14-21(26)15-13-20)24(29)16-17-31-23-10-6-3-7-11-23/h3,6-7,10-15,19,22H,2,4-5,8-9,16-18H2,1H3,(H,27,30)/t19-/m0/s1. The first-order valence-corrected chi connectivity index (χ1v) is 12.8. The van der Waals surface area contributed by atoms with Crippen LogP contribution in [0.1, 0.15) is 51.0 Å². The normalized spacial score (nSPS) is 15.3. The van der Waals surface area contributed by atoms with Gasteiger partial charge in [0.15, 0.2) is 0 Å². The smallest absolute Gasteiger partial charge is 0.242 e. The Labute approximate surface area is 198 Å². The third-order valence-corrected chi connectivity index (χ3v) is 7.26. The first-order valence-electron chi connectivity index (χ1n) is 11.0. The van der Waals surface area contributed by atoms with Crippen molar-refractivity contribution >= 4 is 39.5 Å². The van der Waals surface area contributed by atoms with Gasteiger partial charge in [0, 0.05) is 34.1 Å². The topological polar surface area (TPSA) is 49.4 Å². The summed E-state index contributed by atoms with van der Waals surface area (Å²) in [6.45, 7) is 2.28. The predicted octanol–water partition coefficient (Wildman–Crippen LogP) is 5.80. The maximum atomic E-state index is 13.2. The van der Waals surface area contributed by atoms with E-state index >= 15 is 0 Å². The molecule has 0 bridgehead atoms. The van der Waals surface area contributed by atoms with Crippen molar-refractivity contribution in [1.29, 1.82) is 0 Å². The summed E-state index contributed by atoms with van der Waals surface area (Å²) in [5, 5.41) is 3.19. The van der Waals surface area contributed by atoms with E-state index in [9.17, 15) is 9.59 Å². The lowest BCUT2D eigenvalue weighted by atomic mass is 9.95. The zero-order chi connectivity index (χ0) is 22.1. The number of thioether (sulfide) groups is 1. The molecule has 2 amide bonds. The van der Waals surface area contributed by atoms with Gasteiger partial charge in [0.25, 0.3) is 0 Å². The van der Waals surface area contributed by atoms with Crippen LogP contribution in [0.3, 0.4) is 0 Å². The van der Waals surface area contributed by atoms with Crippen molar-refractivity contribution in [1.82, 2.24) is 10.2 Å². The predicted molar refractivity (Wildman–Crippen MR) is 131 cm³/mol. The number of amides is 2. The molecule has 6 heteroatoms. The SMILES string of the molecule is C[C@@H](C(=O)NC1CCCCC1)N(Cc1ccc(Br)cc1)C(=O)CCSc1ccccc1. The second kappa shape index (κ2) is 12.3. The second-order valence-corrected chi connectivity index (χ2v) is 10.2. The molecule has 0 saturated heterocycles. The molecule has 1 atom stereocenters. The number of carbonyl (C=O) groups is 2. The Kier molecular flexibility index (Phi) is 9.47. The molecule has 166 valence electrons. The first kappa shape index (κ1) is 23.9. The molecule has 0 unspecified atom stereocenters. The van der Waals surface area contributed by atoms with Gasteiger partial charge in [0.05, 0.1) is 0 Å². The average molecular weight is 504 g/mol. The Balaban J connectivity index is 1.64. The minimum absolute atomic E-state index is 0.0117. The molecule has 3 rings (SSSR count). The Morgan fingerprint density at radius 1 is 1.06 bits per heavy atom. The van der Waals surface area contributed by atoms with Gasteiger partial charge in [0.1, 0.15) is 6.04 Å². The van der Waals surface area contributed by atoms with E-state index in [1.165, 1.54) is 6.42 Å². The van der Waals surface area contributed by atoms with Crippen molar-refractivity contribution in [3.63, 3.8) is 0 Å². The van der Waals surface area contributed by atoms with Crippen molar-refractivity contribution in [2.75, 3.05) is 5.75 Å². The van der Waals surface area contributed by atoms with Crippen LogP contribution in [0.2, 0.25) is 0 Å². The van der Waals surface area contributed by atoms with Crippen molar-refractivity contribution < 1.29 is 9.59 Å². The fourth-order valence-corrected chi connectivity index (χ4v) is 4.98. The lowest BCUT2D eigenvalue weighted by Crippen LogP contribution is -2.50. The Morgan fingerprint density at radius 3 is 2.42 bits per heavy atom. The van der Waals surface area contributed by atoms with Crippen LogP contribution in [0.25, 0.3) is 0 Å². The quantitative estimate of drug-likeness (QED) is 0.441. The fourth-order valence-electron chi connectivity index (χ4n) is 3.85. The summed E-state index contributed by atoms with van der Waals surface area (Å²) in [6, 6.07) is 17.8. The number of nitrogens with one attached hydrogen (secondary N) is 1. The molecule has 1 N–H and O–H groups in total. The molecule has 1 fully saturated rings. The average Bonchev–Trinajstić information content (AvgIpc) is 2.79. The number of carbonyl (C=O) groups excluding carboxylic acids is 2. The number of hydrogen-bond donors (Lipinski definition) is 1. The van der Waals surface area contributed by atoms with Crippen LogP contribution in [-0.2, 0) is 16.1 Å². The van der Waals surface area contributed by atoms with Crippen molar-refractivity contribution in [3.05, 3.63) is 64.6 Å². The molecule has 1 aliphatic rings. The van der Waals surface area contributed by atoms with Gasteiger partial charge in [-0.2, -0.15) is 0 Å². The first-order chi connectivity index (χ1) is 15.0.